The SMILES string of the molecule is Cc1c(C=O)sc2c1c(=O)n(CC(=O)OC(C)(C)C)c(=O)n2CC(O)c1ccccc1. The van der Waals surface area contributed by atoms with Crippen LogP contribution in [0.4, 0.5) is 0 Å². The number of thiophene rings is 1. The van der Waals surface area contributed by atoms with E-state index in [-0.39, 0.29) is 16.8 Å². The number of aliphatic hydroxyl groups is 1. The molecule has 8 nitrogen and oxygen atoms in total. The van der Waals surface area contributed by atoms with Gasteiger partial charge in [0.05, 0.1) is 22.9 Å². The molecule has 31 heavy (non-hydrogen) atoms. The third-order valence-electron chi connectivity index (χ3n) is 4.69. The lowest BCUT2D eigenvalue weighted by molar-refractivity contribution is -0.155. The molecule has 1 N–H and O–H groups in total. The topological polar surface area (TPSA) is 108 Å². The Balaban J connectivity index is 2.18. The second-order valence-electron chi connectivity index (χ2n) is 8.19. The summed E-state index contributed by atoms with van der Waals surface area (Å²) in [6.07, 6.45) is -0.406. The first-order chi connectivity index (χ1) is 14.5. The molecule has 1 unspecified atom stereocenters. The highest BCUT2D eigenvalue weighted by Crippen LogP contribution is 2.27. The van der Waals surface area contributed by atoms with Crippen molar-refractivity contribution in [2.24, 2.45) is 0 Å². The lowest BCUT2D eigenvalue weighted by atomic mass is 10.1. The molecule has 0 amide bonds. The maximum absolute atomic E-state index is 13.2. The number of hydrogen-bond donors (Lipinski definition) is 1. The van der Waals surface area contributed by atoms with Gasteiger partial charge in [0.15, 0.2) is 6.29 Å². The standard InChI is InChI=1S/C22H24N2O6S/c1-13-16(12-25)31-20-18(13)19(28)23(11-17(27)30-22(2,3)4)21(29)24(20)10-15(26)14-8-6-5-7-9-14/h5-9,12,15,26H,10-11H2,1-4H3. The lowest BCUT2D eigenvalue weighted by Crippen LogP contribution is -2.43. The maximum Gasteiger partial charge on any atom is 0.332 e. The van der Waals surface area contributed by atoms with Crippen LogP contribution >= 0.6 is 11.3 Å². The smallest absolute Gasteiger partial charge is 0.332 e. The van der Waals surface area contributed by atoms with E-state index in [4.69, 9.17) is 4.74 Å². The number of aliphatic hydroxyl groups excluding tert-OH is 1. The van der Waals surface area contributed by atoms with E-state index in [0.717, 1.165) is 15.9 Å². The van der Waals surface area contributed by atoms with E-state index in [2.05, 4.69) is 0 Å². The number of aromatic nitrogens is 2. The van der Waals surface area contributed by atoms with Gasteiger partial charge in [-0.05, 0) is 38.8 Å². The van der Waals surface area contributed by atoms with Crippen molar-refractivity contribution in [2.45, 2.75) is 52.5 Å². The molecule has 0 saturated carbocycles. The Morgan fingerprint density at radius 1 is 1.19 bits per heavy atom. The number of ether oxygens (including phenoxy) is 1. The molecular weight excluding hydrogens is 420 g/mol. The second-order valence-corrected chi connectivity index (χ2v) is 9.22. The number of rotatable bonds is 6. The van der Waals surface area contributed by atoms with Crippen molar-refractivity contribution in [3.05, 3.63) is 67.2 Å². The summed E-state index contributed by atoms with van der Waals surface area (Å²) in [4.78, 5) is 50.7. The van der Waals surface area contributed by atoms with Crippen LogP contribution in [0.3, 0.4) is 0 Å². The molecule has 0 saturated heterocycles. The molecule has 0 aliphatic carbocycles. The van der Waals surface area contributed by atoms with Crippen molar-refractivity contribution in [3.8, 4) is 0 Å². The molecule has 3 aromatic rings. The third-order valence-corrected chi connectivity index (χ3v) is 5.93. The van der Waals surface area contributed by atoms with E-state index in [9.17, 15) is 24.3 Å². The van der Waals surface area contributed by atoms with Crippen LogP contribution in [0.15, 0.2) is 39.9 Å². The van der Waals surface area contributed by atoms with Gasteiger partial charge in [-0.25, -0.2) is 9.36 Å². The van der Waals surface area contributed by atoms with E-state index in [1.165, 1.54) is 4.57 Å². The summed E-state index contributed by atoms with van der Waals surface area (Å²) in [7, 11) is 0. The van der Waals surface area contributed by atoms with Crippen LogP contribution in [0.25, 0.3) is 10.2 Å². The molecule has 164 valence electrons. The monoisotopic (exact) mass is 444 g/mol. The number of benzene rings is 1. The Hall–Kier alpha value is -3.04. The van der Waals surface area contributed by atoms with E-state index >= 15 is 0 Å². The molecule has 0 bridgehead atoms. The zero-order valence-corrected chi connectivity index (χ0v) is 18.6. The number of carbonyl (C=O) groups excluding carboxylic acids is 2. The fourth-order valence-electron chi connectivity index (χ4n) is 3.28. The minimum absolute atomic E-state index is 0.147. The Kier molecular flexibility index (Phi) is 6.28. The Bertz CT molecular complexity index is 1250. The fourth-order valence-corrected chi connectivity index (χ4v) is 4.40. The van der Waals surface area contributed by atoms with Crippen molar-refractivity contribution >= 4 is 33.8 Å². The third kappa shape index (κ3) is 4.67. The molecular formula is C22H24N2O6S. The van der Waals surface area contributed by atoms with Gasteiger partial charge in [0.25, 0.3) is 5.56 Å². The molecule has 2 heterocycles. The van der Waals surface area contributed by atoms with Crippen LogP contribution in [-0.4, -0.2) is 32.1 Å². The summed E-state index contributed by atoms with van der Waals surface area (Å²) in [5.41, 5.74) is -1.18. The van der Waals surface area contributed by atoms with Crippen molar-refractivity contribution in [1.29, 1.82) is 0 Å². The highest BCUT2D eigenvalue weighted by Gasteiger charge is 2.24. The van der Waals surface area contributed by atoms with E-state index in [0.29, 0.717) is 22.3 Å². The average Bonchev–Trinajstić information content (AvgIpc) is 3.04. The highest BCUT2D eigenvalue weighted by molar-refractivity contribution is 7.20. The summed E-state index contributed by atoms with van der Waals surface area (Å²) in [5.74, 6) is -0.732. The summed E-state index contributed by atoms with van der Waals surface area (Å²) in [6.45, 7) is 5.95. The van der Waals surface area contributed by atoms with Gasteiger partial charge in [-0.2, -0.15) is 0 Å². The summed E-state index contributed by atoms with van der Waals surface area (Å²) >= 11 is 1.01. The van der Waals surface area contributed by atoms with Gasteiger partial charge in [-0.3, -0.25) is 19.0 Å². The van der Waals surface area contributed by atoms with Crippen molar-refractivity contribution in [2.75, 3.05) is 0 Å². The van der Waals surface area contributed by atoms with Crippen LogP contribution in [0.5, 0.6) is 0 Å². The number of aldehydes is 1. The number of carbonyl (C=O) groups is 2. The van der Waals surface area contributed by atoms with Crippen molar-refractivity contribution in [1.82, 2.24) is 9.13 Å². The Labute approximate surface area is 182 Å². The Morgan fingerprint density at radius 2 is 1.84 bits per heavy atom. The zero-order valence-electron chi connectivity index (χ0n) is 17.7. The quantitative estimate of drug-likeness (QED) is 0.462. The number of hydrogen-bond acceptors (Lipinski definition) is 7. The van der Waals surface area contributed by atoms with Crippen molar-refractivity contribution < 1.29 is 19.4 Å². The number of esters is 1. The Morgan fingerprint density at radius 3 is 2.42 bits per heavy atom. The van der Waals surface area contributed by atoms with E-state index in [1.807, 2.05) is 0 Å². The van der Waals surface area contributed by atoms with Crippen LogP contribution in [-0.2, 0) is 22.6 Å². The van der Waals surface area contributed by atoms with Crippen LogP contribution in [0.1, 0.15) is 47.7 Å². The molecule has 1 atom stereocenters. The summed E-state index contributed by atoms with van der Waals surface area (Å²) in [5, 5.41) is 10.9. The van der Waals surface area contributed by atoms with E-state index in [1.54, 1.807) is 58.0 Å². The number of fused-ring (bicyclic) bond motifs is 1. The van der Waals surface area contributed by atoms with Gasteiger partial charge in [-0.15, -0.1) is 11.3 Å². The van der Waals surface area contributed by atoms with Gasteiger partial charge < -0.3 is 9.84 Å². The predicted molar refractivity (Wildman–Crippen MR) is 118 cm³/mol. The number of aryl methyl sites for hydroxylation is 1. The highest BCUT2D eigenvalue weighted by atomic mass is 32.1. The maximum atomic E-state index is 13.2. The van der Waals surface area contributed by atoms with Gasteiger partial charge >= 0.3 is 11.7 Å². The molecule has 0 aliphatic heterocycles. The summed E-state index contributed by atoms with van der Waals surface area (Å²) < 4.78 is 7.29. The molecule has 3 rings (SSSR count). The minimum atomic E-state index is -1.03. The van der Waals surface area contributed by atoms with Crippen LogP contribution < -0.4 is 11.2 Å². The van der Waals surface area contributed by atoms with Crippen LogP contribution in [0.2, 0.25) is 0 Å². The average molecular weight is 445 g/mol. The van der Waals surface area contributed by atoms with Gasteiger partial charge in [0, 0.05) is 0 Å². The molecule has 0 fully saturated rings. The van der Waals surface area contributed by atoms with Gasteiger partial charge in [0.2, 0.25) is 0 Å². The summed E-state index contributed by atoms with van der Waals surface area (Å²) in [6, 6.07) is 8.78. The molecule has 2 aromatic heterocycles. The first kappa shape index (κ1) is 22.6. The minimum Gasteiger partial charge on any atom is -0.459 e. The fraction of sp³-hybridized carbons (Fsp3) is 0.364. The normalized spacial score (nSPS) is 12.7. The van der Waals surface area contributed by atoms with Crippen molar-refractivity contribution in [3.63, 3.8) is 0 Å². The zero-order chi connectivity index (χ0) is 22.9. The van der Waals surface area contributed by atoms with Crippen LogP contribution in [0, 0.1) is 6.92 Å². The van der Waals surface area contributed by atoms with Gasteiger partial charge in [-0.1, -0.05) is 30.3 Å². The predicted octanol–water partition coefficient (Wildman–Crippen LogP) is 2.42. The molecule has 0 radical (unpaired) electrons. The lowest BCUT2D eigenvalue weighted by Gasteiger charge is -2.20. The largest absolute Gasteiger partial charge is 0.459 e. The first-order valence-corrected chi connectivity index (χ1v) is 10.5. The second kappa shape index (κ2) is 8.60. The molecule has 1 aromatic carbocycles. The number of nitrogens with zero attached hydrogens (tertiary/aromatic N) is 2. The van der Waals surface area contributed by atoms with E-state index < -0.39 is 35.5 Å². The molecule has 0 aliphatic rings. The molecule has 0 spiro atoms. The first-order valence-electron chi connectivity index (χ1n) is 9.70. The van der Waals surface area contributed by atoms with Gasteiger partial charge in [0.1, 0.15) is 17.0 Å². The molecule has 9 heteroatoms.